The van der Waals surface area contributed by atoms with Crippen molar-refractivity contribution < 1.29 is 13.9 Å². The molecule has 0 amide bonds. The van der Waals surface area contributed by atoms with E-state index < -0.39 is 17.2 Å². The van der Waals surface area contributed by atoms with E-state index in [4.69, 9.17) is 0 Å². The van der Waals surface area contributed by atoms with Crippen molar-refractivity contribution in [2.75, 3.05) is 5.32 Å². The van der Waals surface area contributed by atoms with E-state index in [1.165, 1.54) is 25.2 Å². The Labute approximate surface area is 106 Å². The van der Waals surface area contributed by atoms with Crippen molar-refractivity contribution in [2.24, 2.45) is 7.05 Å². The molecule has 19 heavy (non-hydrogen) atoms. The number of aryl methyl sites for hydroxylation is 1. The summed E-state index contributed by atoms with van der Waals surface area (Å²) in [6, 6.07) is 3.84. The lowest BCUT2D eigenvalue weighted by molar-refractivity contribution is 0.0416. The van der Waals surface area contributed by atoms with Gasteiger partial charge >= 0.3 is 11.6 Å². The number of hydrogen-bond acceptors (Lipinski definition) is 4. The number of nitrogens with one attached hydrogen (secondary N) is 1. The monoisotopic (exact) mass is 265 g/mol. The molecule has 3 rings (SSSR count). The van der Waals surface area contributed by atoms with E-state index in [2.05, 4.69) is 10.3 Å². The van der Waals surface area contributed by atoms with Crippen LogP contribution in [0.15, 0.2) is 29.2 Å². The van der Waals surface area contributed by atoms with Crippen LogP contribution in [0.1, 0.15) is 11.1 Å². The molecule has 98 valence electrons. The largest absolute Gasteiger partial charge is 0.506 e. The van der Waals surface area contributed by atoms with E-state index in [0.717, 1.165) is 10.8 Å². The standard InChI is InChI=1S/C12H9F2N3O2/c1-17-5-7-10(16-11(17)19)15-9-6(12(7,13)14)3-2-4-8(9)18/h2-5,18H,1H3,(H,15,16,19). The fourth-order valence-corrected chi connectivity index (χ4v) is 2.07. The maximum absolute atomic E-state index is 14.4. The number of fused-ring (bicyclic) bond motifs is 2. The predicted molar refractivity (Wildman–Crippen MR) is 63.9 cm³/mol. The number of anilines is 2. The van der Waals surface area contributed by atoms with Gasteiger partial charge in [-0.05, 0) is 6.07 Å². The minimum atomic E-state index is -3.33. The molecule has 0 bridgehead atoms. The number of phenols is 1. The minimum Gasteiger partial charge on any atom is -0.506 e. The highest BCUT2D eigenvalue weighted by molar-refractivity contribution is 5.75. The van der Waals surface area contributed by atoms with Gasteiger partial charge in [0.1, 0.15) is 11.6 Å². The molecule has 0 unspecified atom stereocenters. The van der Waals surface area contributed by atoms with E-state index >= 15 is 0 Å². The van der Waals surface area contributed by atoms with Crippen molar-refractivity contribution >= 4 is 11.5 Å². The van der Waals surface area contributed by atoms with Crippen LogP contribution in [-0.2, 0) is 13.0 Å². The first-order valence-electron chi connectivity index (χ1n) is 5.46. The van der Waals surface area contributed by atoms with E-state index in [9.17, 15) is 18.7 Å². The van der Waals surface area contributed by atoms with Crippen LogP contribution >= 0.6 is 0 Å². The summed E-state index contributed by atoms with van der Waals surface area (Å²) in [5.74, 6) is -3.87. The van der Waals surface area contributed by atoms with Crippen molar-refractivity contribution in [1.82, 2.24) is 9.55 Å². The van der Waals surface area contributed by atoms with Crippen LogP contribution in [0.4, 0.5) is 20.3 Å². The number of para-hydroxylation sites is 1. The molecule has 0 saturated carbocycles. The minimum absolute atomic E-state index is 0.124. The average Bonchev–Trinajstić information content (AvgIpc) is 2.34. The third-order valence-electron chi connectivity index (χ3n) is 3.05. The summed E-state index contributed by atoms with van der Waals surface area (Å²) < 4.78 is 29.7. The van der Waals surface area contributed by atoms with Gasteiger partial charge < -0.3 is 15.0 Å². The van der Waals surface area contributed by atoms with Gasteiger partial charge in [-0.2, -0.15) is 13.8 Å². The lowest BCUT2D eigenvalue weighted by Crippen LogP contribution is -2.30. The van der Waals surface area contributed by atoms with Crippen LogP contribution < -0.4 is 11.0 Å². The Morgan fingerprint density at radius 3 is 2.84 bits per heavy atom. The van der Waals surface area contributed by atoms with Crippen molar-refractivity contribution in [3.05, 3.63) is 46.0 Å². The van der Waals surface area contributed by atoms with Gasteiger partial charge in [0.05, 0.1) is 16.8 Å². The zero-order valence-electron chi connectivity index (χ0n) is 9.82. The van der Waals surface area contributed by atoms with E-state index in [0.29, 0.717) is 0 Å². The highest BCUT2D eigenvalue weighted by Gasteiger charge is 2.44. The lowest BCUT2D eigenvalue weighted by atomic mass is 9.96. The molecule has 0 atom stereocenters. The quantitative estimate of drug-likeness (QED) is 0.711. The van der Waals surface area contributed by atoms with Crippen molar-refractivity contribution in [3.8, 4) is 5.75 Å². The number of phenolic OH excluding ortho intramolecular Hbond substituents is 1. The van der Waals surface area contributed by atoms with Gasteiger partial charge in [-0.1, -0.05) is 12.1 Å². The van der Waals surface area contributed by atoms with Gasteiger partial charge in [-0.25, -0.2) is 4.79 Å². The van der Waals surface area contributed by atoms with Crippen molar-refractivity contribution in [3.63, 3.8) is 0 Å². The van der Waals surface area contributed by atoms with E-state index in [1.807, 2.05) is 0 Å². The second kappa shape index (κ2) is 3.53. The maximum atomic E-state index is 14.4. The molecule has 1 aliphatic rings. The summed E-state index contributed by atoms with van der Waals surface area (Å²) in [5, 5.41) is 12.2. The fourth-order valence-electron chi connectivity index (χ4n) is 2.07. The number of alkyl halides is 2. The Balaban J connectivity index is 2.33. The summed E-state index contributed by atoms with van der Waals surface area (Å²) in [6.07, 6.45) is 1.05. The van der Waals surface area contributed by atoms with E-state index in [1.54, 1.807) is 0 Å². The number of aromatic nitrogens is 2. The summed E-state index contributed by atoms with van der Waals surface area (Å²) in [5.41, 5.74) is -1.52. The molecule has 7 heteroatoms. The van der Waals surface area contributed by atoms with Crippen LogP contribution in [-0.4, -0.2) is 14.7 Å². The number of rotatable bonds is 0. The number of aromatic hydroxyl groups is 1. The zero-order valence-corrected chi connectivity index (χ0v) is 9.82. The molecule has 2 aromatic rings. The first kappa shape index (κ1) is 11.6. The molecule has 1 aromatic heterocycles. The number of benzene rings is 1. The molecular weight excluding hydrogens is 256 g/mol. The Morgan fingerprint density at radius 1 is 1.37 bits per heavy atom. The summed E-state index contributed by atoms with van der Waals surface area (Å²) in [4.78, 5) is 15.0. The SMILES string of the molecule is Cn1cc2c(nc1=O)Nc1c(O)cccc1C2(F)F. The van der Waals surface area contributed by atoms with Crippen molar-refractivity contribution in [1.29, 1.82) is 0 Å². The van der Waals surface area contributed by atoms with Crippen LogP contribution in [0.2, 0.25) is 0 Å². The Morgan fingerprint density at radius 2 is 2.11 bits per heavy atom. The Kier molecular flexibility index (Phi) is 2.16. The Hall–Kier alpha value is -2.44. The zero-order chi connectivity index (χ0) is 13.8. The molecule has 1 aliphatic heterocycles. The molecule has 0 fully saturated rings. The van der Waals surface area contributed by atoms with Crippen LogP contribution in [0, 0.1) is 0 Å². The van der Waals surface area contributed by atoms with Gasteiger partial charge in [0.2, 0.25) is 0 Å². The normalized spacial score (nSPS) is 15.3. The predicted octanol–water partition coefficient (Wildman–Crippen LogP) is 1.68. The van der Waals surface area contributed by atoms with Gasteiger partial charge in [-0.15, -0.1) is 0 Å². The fraction of sp³-hybridized carbons (Fsp3) is 0.167. The van der Waals surface area contributed by atoms with Crippen LogP contribution in [0.5, 0.6) is 5.75 Å². The molecular formula is C12H9F2N3O2. The number of hydrogen-bond donors (Lipinski definition) is 2. The molecule has 0 saturated heterocycles. The topological polar surface area (TPSA) is 67.2 Å². The molecule has 2 heterocycles. The highest BCUT2D eigenvalue weighted by Crippen LogP contribution is 2.49. The summed E-state index contributed by atoms with van der Waals surface area (Å²) in [7, 11) is 1.35. The third-order valence-corrected chi connectivity index (χ3v) is 3.05. The first-order valence-corrected chi connectivity index (χ1v) is 5.46. The molecule has 0 radical (unpaired) electrons. The number of halogens is 2. The van der Waals surface area contributed by atoms with Gasteiger partial charge in [0, 0.05) is 13.2 Å². The molecule has 0 spiro atoms. The molecule has 5 nitrogen and oxygen atoms in total. The second-order valence-electron chi connectivity index (χ2n) is 4.30. The Bertz CT molecular complexity index is 740. The lowest BCUT2D eigenvalue weighted by Gasteiger charge is -2.28. The third kappa shape index (κ3) is 1.51. The van der Waals surface area contributed by atoms with Gasteiger partial charge in [0.15, 0.2) is 0 Å². The van der Waals surface area contributed by atoms with Crippen LogP contribution in [0.25, 0.3) is 0 Å². The van der Waals surface area contributed by atoms with Crippen LogP contribution in [0.3, 0.4) is 0 Å². The summed E-state index contributed by atoms with van der Waals surface area (Å²) >= 11 is 0. The van der Waals surface area contributed by atoms with Gasteiger partial charge in [-0.3, -0.25) is 0 Å². The highest BCUT2D eigenvalue weighted by atomic mass is 19.3. The summed E-state index contributed by atoms with van der Waals surface area (Å²) in [6.45, 7) is 0. The van der Waals surface area contributed by atoms with E-state index in [-0.39, 0.29) is 22.8 Å². The second-order valence-corrected chi connectivity index (χ2v) is 4.30. The van der Waals surface area contributed by atoms with Crippen molar-refractivity contribution in [2.45, 2.75) is 5.92 Å². The smallest absolute Gasteiger partial charge is 0.349 e. The number of nitrogens with zero attached hydrogens (tertiary/aromatic N) is 2. The average molecular weight is 265 g/mol. The molecule has 0 aliphatic carbocycles. The maximum Gasteiger partial charge on any atom is 0.349 e. The first-order chi connectivity index (χ1) is 8.91. The molecule has 2 N–H and O–H groups in total. The molecule has 1 aromatic carbocycles. The van der Waals surface area contributed by atoms with Gasteiger partial charge in [0.25, 0.3) is 0 Å².